The molecular weight excluding hydrogens is 582 g/mol. The lowest BCUT2D eigenvalue weighted by Gasteiger charge is -2.31. The molecule has 2 aromatic carbocycles. The van der Waals surface area contributed by atoms with Crippen molar-refractivity contribution in [3.05, 3.63) is 85.6 Å². The number of piperazine rings is 1. The lowest BCUT2D eigenvalue weighted by Crippen LogP contribution is -2.45. The van der Waals surface area contributed by atoms with Crippen LogP contribution in [0.15, 0.2) is 58.0 Å². The highest BCUT2D eigenvalue weighted by atomic mass is 35.5. The van der Waals surface area contributed by atoms with E-state index in [-0.39, 0.29) is 12.3 Å². The second-order valence-corrected chi connectivity index (χ2v) is 10.6. The van der Waals surface area contributed by atoms with Crippen LogP contribution in [0.3, 0.4) is 0 Å². The third-order valence-electron chi connectivity index (χ3n) is 6.90. The van der Waals surface area contributed by atoms with E-state index in [1.807, 2.05) is 13.0 Å². The third kappa shape index (κ3) is 6.71. The van der Waals surface area contributed by atoms with Crippen LogP contribution < -0.4 is 9.47 Å². The van der Waals surface area contributed by atoms with Gasteiger partial charge in [-0.1, -0.05) is 11.6 Å². The fourth-order valence-electron chi connectivity index (χ4n) is 4.46. The second kappa shape index (κ2) is 12.9. The number of furan rings is 1. The van der Waals surface area contributed by atoms with Crippen molar-refractivity contribution in [2.24, 2.45) is 5.10 Å². The molecule has 1 fully saturated rings. The van der Waals surface area contributed by atoms with Crippen LogP contribution in [-0.2, 0) is 13.3 Å². The summed E-state index contributed by atoms with van der Waals surface area (Å²) in [6.45, 7) is 6.27. The number of benzene rings is 2. The van der Waals surface area contributed by atoms with E-state index >= 15 is 0 Å². The van der Waals surface area contributed by atoms with Crippen molar-refractivity contribution in [3.63, 3.8) is 0 Å². The van der Waals surface area contributed by atoms with Crippen LogP contribution in [0.1, 0.15) is 17.1 Å². The lowest BCUT2D eigenvalue weighted by atomic mass is 10.1. The van der Waals surface area contributed by atoms with Crippen LogP contribution in [-0.4, -0.2) is 75.7 Å². The van der Waals surface area contributed by atoms with Gasteiger partial charge in [0.2, 0.25) is 4.77 Å². The number of nitro benzene ring substituents is 1. The van der Waals surface area contributed by atoms with Crippen LogP contribution in [0.25, 0.3) is 11.3 Å². The SMILES string of the molecule is COc1ccc(-c2ccc(/C=N/n3c(COc4ccc(Cl)c(C)c4)nn(CN4CCN(C)CC4)c3=S)o2)c([N+](=O)[O-])c1. The third-order valence-corrected chi connectivity index (χ3v) is 7.71. The van der Waals surface area contributed by atoms with Gasteiger partial charge in [-0.15, -0.1) is 5.10 Å². The minimum absolute atomic E-state index is 0.110. The number of halogens is 1. The Morgan fingerprint density at radius 2 is 1.90 bits per heavy atom. The number of hydrogen-bond acceptors (Lipinski definition) is 10. The summed E-state index contributed by atoms with van der Waals surface area (Å²) in [5.74, 6) is 2.22. The molecule has 1 aliphatic heterocycles. The molecule has 0 aliphatic carbocycles. The summed E-state index contributed by atoms with van der Waals surface area (Å²) in [4.78, 5) is 15.7. The summed E-state index contributed by atoms with van der Waals surface area (Å²) < 4.78 is 20.7. The molecule has 0 bridgehead atoms. The molecule has 2 aromatic heterocycles. The molecule has 0 unspecified atom stereocenters. The molecule has 0 N–H and O–H groups in total. The molecule has 3 heterocycles. The molecule has 220 valence electrons. The average molecular weight is 612 g/mol. The van der Waals surface area contributed by atoms with E-state index in [2.05, 4.69) is 21.9 Å². The molecule has 0 spiro atoms. The molecule has 12 nitrogen and oxygen atoms in total. The first-order valence-electron chi connectivity index (χ1n) is 13.2. The summed E-state index contributed by atoms with van der Waals surface area (Å²) in [7, 11) is 3.56. The minimum atomic E-state index is -0.476. The summed E-state index contributed by atoms with van der Waals surface area (Å²) >= 11 is 11.9. The van der Waals surface area contributed by atoms with Gasteiger partial charge in [-0.05, 0) is 74.2 Å². The van der Waals surface area contributed by atoms with Gasteiger partial charge in [0.1, 0.15) is 29.6 Å². The van der Waals surface area contributed by atoms with Crippen molar-refractivity contribution in [2.75, 3.05) is 40.3 Å². The van der Waals surface area contributed by atoms with Crippen LogP contribution >= 0.6 is 23.8 Å². The normalized spacial score (nSPS) is 14.5. The molecule has 0 saturated carbocycles. The fourth-order valence-corrected chi connectivity index (χ4v) is 4.82. The molecule has 4 aromatic rings. The van der Waals surface area contributed by atoms with E-state index in [0.717, 1.165) is 31.7 Å². The molecule has 1 saturated heterocycles. The Hall–Kier alpha value is -4.04. The first-order chi connectivity index (χ1) is 20.2. The van der Waals surface area contributed by atoms with E-state index in [4.69, 9.17) is 42.8 Å². The monoisotopic (exact) mass is 611 g/mol. The number of rotatable bonds is 10. The van der Waals surface area contributed by atoms with E-state index in [9.17, 15) is 10.1 Å². The largest absolute Gasteiger partial charge is 0.497 e. The molecular formula is C28H30ClN7O5S. The van der Waals surface area contributed by atoms with Gasteiger partial charge in [-0.2, -0.15) is 9.78 Å². The number of methoxy groups -OCH3 is 1. The van der Waals surface area contributed by atoms with Crippen LogP contribution in [0.5, 0.6) is 11.5 Å². The maximum absolute atomic E-state index is 11.6. The average Bonchev–Trinajstić information content (AvgIpc) is 3.57. The highest BCUT2D eigenvalue weighted by Gasteiger charge is 2.20. The van der Waals surface area contributed by atoms with Crippen molar-refractivity contribution in [1.82, 2.24) is 24.3 Å². The van der Waals surface area contributed by atoms with Gasteiger partial charge in [-0.25, -0.2) is 4.68 Å². The number of aromatic nitrogens is 3. The van der Waals surface area contributed by atoms with Crippen LogP contribution in [0, 0.1) is 21.8 Å². The molecule has 14 heteroatoms. The van der Waals surface area contributed by atoms with Gasteiger partial charge in [0.15, 0.2) is 5.82 Å². The minimum Gasteiger partial charge on any atom is -0.497 e. The molecule has 5 rings (SSSR count). The number of ether oxygens (including phenoxy) is 2. The first kappa shape index (κ1) is 29.5. The van der Waals surface area contributed by atoms with Crippen molar-refractivity contribution in [1.29, 1.82) is 0 Å². The quantitative estimate of drug-likeness (QED) is 0.103. The number of hydrogen-bond donors (Lipinski definition) is 0. The van der Waals surface area contributed by atoms with Gasteiger partial charge in [0.25, 0.3) is 5.69 Å². The Balaban J connectivity index is 1.41. The molecule has 0 amide bonds. The van der Waals surface area contributed by atoms with Gasteiger partial charge in [-0.3, -0.25) is 15.0 Å². The van der Waals surface area contributed by atoms with Crippen LogP contribution in [0.4, 0.5) is 5.69 Å². The highest BCUT2D eigenvalue weighted by molar-refractivity contribution is 7.71. The number of aryl methyl sites for hydroxylation is 1. The van der Waals surface area contributed by atoms with Gasteiger partial charge in [0.05, 0.1) is 36.5 Å². The lowest BCUT2D eigenvalue weighted by molar-refractivity contribution is -0.384. The Morgan fingerprint density at radius 1 is 1.14 bits per heavy atom. The molecule has 0 atom stereocenters. The Labute approximate surface area is 252 Å². The number of nitro groups is 1. The van der Waals surface area contributed by atoms with E-state index in [1.54, 1.807) is 41.1 Å². The molecule has 42 heavy (non-hydrogen) atoms. The summed E-state index contributed by atoms with van der Waals surface area (Å²) in [5, 5.41) is 21.6. The number of nitrogens with zero attached hydrogens (tertiary/aromatic N) is 7. The predicted molar refractivity (Wildman–Crippen MR) is 161 cm³/mol. The first-order valence-corrected chi connectivity index (χ1v) is 14.0. The van der Waals surface area contributed by atoms with Gasteiger partial charge >= 0.3 is 0 Å². The topological polar surface area (TPSA) is 116 Å². The fraction of sp³-hybridized carbons (Fsp3) is 0.321. The zero-order valence-electron chi connectivity index (χ0n) is 23.4. The zero-order chi connectivity index (χ0) is 29.8. The van der Waals surface area contributed by atoms with Gasteiger partial charge < -0.3 is 18.8 Å². The number of likely N-dealkylation sites (N-methyl/N-ethyl adjacent to an activating group) is 1. The standard InChI is InChI=1S/C28H30ClN7O5S/c1-19-14-21(5-8-24(19)29)40-17-27-31-34(18-33-12-10-32(2)11-13-33)28(42)35(27)30-16-22-6-9-26(41-22)23-7-4-20(39-3)15-25(23)36(37)38/h4-9,14-16H,10-13,17-18H2,1-3H3/b30-16+. The van der Waals surface area contributed by atoms with E-state index in [0.29, 0.717) is 50.9 Å². The summed E-state index contributed by atoms with van der Waals surface area (Å²) in [6, 6.07) is 13.3. The molecule has 1 aliphatic rings. The van der Waals surface area contributed by atoms with Crippen molar-refractivity contribution >= 4 is 35.7 Å². The highest BCUT2D eigenvalue weighted by Crippen LogP contribution is 2.34. The maximum Gasteiger partial charge on any atom is 0.284 e. The summed E-state index contributed by atoms with van der Waals surface area (Å²) in [6.07, 6.45) is 1.49. The smallest absolute Gasteiger partial charge is 0.284 e. The van der Waals surface area contributed by atoms with E-state index in [1.165, 1.54) is 24.1 Å². The predicted octanol–water partition coefficient (Wildman–Crippen LogP) is 5.22. The van der Waals surface area contributed by atoms with Crippen molar-refractivity contribution in [3.8, 4) is 22.8 Å². The van der Waals surface area contributed by atoms with E-state index < -0.39 is 4.92 Å². The van der Waals surface area contributed by atoms with Gasteiger partial charge in [0, 0.05) is 31.2 Å². The van der Waals surface area contributed by atoms with Crippen molar-refractivity contribution in [2.45, 2.75) is 20.2 Å². The van der Waals surface area contributed by atoms with Crippen LogP contribution in [0.2, 0.25) is 5.02 Å². The zero-order valence-corrected chi connectivity index (χ0v) is 25.0. The maximum atomic E-state index is 11.6. The Kier molecular flexibility index (Phi) is 9.02. The summed E-state index contributed by atoms with van der Waals surface area (Å²) in [5.41, 5.74) is 1.09. The van der Waals surface area contributed by atoms with Crippen molar-refractivity contribution < 1.29 is 18.8 Å². The molecule has 0 radical (unpaired) electrons. The Morgan fingerprint density at radius 3 is 2.62 bits per heavy atom. The Bertz CT molecular complexity index is 1670. The second-order valence-electron chi connectivity index (χ2n) is 9.86.